The monoisotopic (exact) mass is 350 g/mol. The Balaban J connectivity index is 2.11. The van der Waals surface area contributed by atoms with Gasteiger partial charge in [-0.05, 0) is 26.2 Å². The van der Waals surface area contributed by atoms with Gasteiger partial charge >= 0.3 is 0 Å². The molecule has 1 rings (SSSR count). The van der Waals surface area contributed by atoms with Crippen LogP contribution < -0.4 is 0 Å². The van der Waals surface area contributed by atoms with Crippen molar-refractivity contribution in [1.82, 2.24) is 9.80 Å². The van der Waals surface area contributed by atoms with E-state index in [-0.39, 0.29) is 0 Å². The zero-order chi connectivity index (χ0) is 18.2. The van der Waals surface area contributed by atoms with Crippen molar-refractivity contribution in [2.24, 2.45) is 0 Å². The van der Waals surface area contributed by atoms with E-state index in [1.54, 1.807) is 0 Å². The van der Waals surface area contributed by atoms with E-state index in [2.05, 4.69) is 43.0 Å². The fourth-order valence-electron chi connectivity index (χ4n) is 3.97. The summed E-state index contributed by atoms with van der Waals surface area (Å²) in [5.41, 5.74) is 0. The number of unbranched alkanes of at least 4 members (excludes halogenated alkanes) is 12. The van der Waals surface area contributed by atoms with Crippen molar-refractivity contribution in [3.05, 3.63) is 12.4 Å². The van der Waals surface area contributed by atoms with Crippen LogP contribution in [0.1, 0.15) is 117 Å². The maximum absolute atomic E-state index is 2.61. The topological polar surface area (TPSA) is 6.48 Å². The summed E-state index contributed by atoms with van der Waals surface area (Å²) in [5, 5.41) is 0. The second kappa shape index (κ2) is 15.6. The van der Waals surface area contributed by atoms with Crippen LogP contribution in [0.3, 0.4) is 0 Å². The highest BCUT2D eigenvalue weighted by Crippen LogP contribution is 2.22. The Morgan fingerprint density at radius 3 is 1.60 bits per heavy atom. The molecular formula is C23H46N2. The predicted molar refractivity (Wildman–Crippen MR) is 113 cm³/mol. The van der Waals surface area contributed by atoms with Crippen LogP contribution in [0.2, 0.25) is 0 Å². The van der Waals surface area contributed by atoms with Crippen molar-refractivity contribution >= 4 is 0 Å². The lowest BCUT2D eigenvalue weighted by atomic mass is 10.1. The van der Waals surface area contributed by atoms with E-state index >= 15 is 0 Å². The molecule has 2 nitrogen and oxygen atoms in total. The highest BCUT2D eigenvalue weighted by Gasteiger charge is 2.23. The molecule has 1 atom stereocenters. The SMILES string of the molecule is CCCCCCCCCCCC1N(CC)C=CN1CCCCCCC. The average Bonchev–Trinajstić information content (AvgIpc) is 3.02. The Labute approximate surface area is 159 Å². The number of hydrogen-bond donors (Lipinski definition) is 0. The summed E-state index contributed by atoms with van der Waals surface area (Å²) in [6.45, 7) is 9.28. The average molecular weight is 351 g/mol. The molecule has 0 aliphatic carbocycles. The molecule has 0 saturated heterocycles. The summed E-state index contributed by atoms with van der Waals surface area (Å²) in [6, 6.07) is 0. The molecule has 0 bridgehead atoms. The first-order valence-corrected chi connectivity index (χ1v) is 11.5. The molecule has 0 aromatic carbocycles. The van der Waals surface area contributed by atoms with Gasteiger partial charge in [-0.2, -0.15) is 0 Å². The van der Waals surface area contributed by atoms with Gasteiger partial charge < -0.3 is 9.80 Å². The van der Waals surface area contributed by atoms with Crippen LogP contribution in [0, 0.1) is 0 Å². The first-order valence-electron chi connectivity index (χ1n) is 11.5. The van der Waals surface area contributed by atoms with E-state index in [1.807, 2.05) is 0 Å². The summed E-state index contributed by atoms with van der Waals surface area (Å²) >= 11 is 0. The van der Waals surface area contributed by atoms with Gasteiger partial charge in [0.1, 0.15) is 6.17 Å². The van der Waals surface area contributed by atoms with Gasteiger partial charge in [0.15, 0.2) is 0 Å². The van der Waals surface area contributed by atoms with Crippen LogP contribution in [0.5, 0.6) is 0 Å². The fourth-order valence-corrected chi connectivity index (χ4v) is 3.97. The van der Waals surface area contributed by atoms with Crippen molar-refractivity contribution in [2.45, 2.75) is 123 Å². The minimum absolute atomic E-state index is 0.640. The summed E-state index contributed by atoms with van der Waals surface area (Å²) in [7, 11) is 0. The summed E-state index contributed by atoms with van der Waals surface area (Å²) in [6.07, 6.45) is 26.4. The van der Waals surface area contributed by atoms with Crippen LogP contribution in [-0.2, 0) is 0 Å². The fraction of sp³-hybridized carbons (Fsp3) is 0.913. The predicted octanol–water partition coefficient (Wildman–Crippen LogP) is 7.31. The largest absolute Gasteiger partial charge is 0.356 e. The lowest BCUT2D eigenvalue weighted by Crippen LogP contribution is -2.38. The van der Waals surface area contributed by atoms with E-state index in [9.17, 15) is 0 Å². The lowest BCUT2D eigenvalue weighted by Gasteiger charge is -2.32. The molecule has 0 aromatic rings. The summed E-state index contributed by atoms with van der Waals surface area (Å²) < 4.78 is 0. The Hall–Kier alpha value is -0.660. The quantitative estimate of drug-likeness (QED) is 0.254. The molecule has 0 N–H and O–H groups in total. The van der Waals surface area contributed by atoms with Crippen molar-refractivity contribution in [1.29, 1.82) is 0 Å². The van der Waals surface area contributed by atoms with Gasteiger partial charge in [0.05, 0.1) is 0 Å². The Kier molecular flexibility index (Phi) is 14.0. The molecule has 1 aliphatic rings. The molecule has 1 heterocycles. The minimum Gasteiger partial charge on any atom is -0.356 e. The molecule has 0 aromatic heterocycles. The van der Waals surface area contributed by atoms with E-state index < -0.39 is 0 Å². The van der Waals surface area contributed by atoms with Gasteiger partial charge in [0, 0.05) is 25.5 Å². The van der Waals surface area contributed by atoms with Crippen molar-refractivity contribution in [3.63, 3.8) is 0 Å². The second-order valence-corrected chi connectivity index (χ2v) is 7.88. The molecule has 25 heavy (non-hydrogen) atoms. The summed E-state index contributed by atoms with van der Waals surface area (Å²) in [4.78, 5) is 5.15. The van der Waals surface area contributed by atoms with Crippen molar-refractivity contribution < 1.29 is 0 Å². The van der Waals surface area contributed by atoms with Gasteiger partial charge in [0.2, 0.25) is 0 Å². The van der Waals surface area contributed by atoms with Crippen molar-refractivity contribution in [3.8, 4) is 0 Å². The maximum atomic E-state index is 2.61. The van der Waals surface area contributed by atoms with Gasteiger partial charge in [-0.25, -0.2) is 0 Å². The first-order chi connectivity index (χ1) is 12.3. The molecule has 0 fully saturated rings. The van der Waals surface area contributed by atoms with Gasteiger partial charge in [0.25, 0.3) is 0 Å². The third-order valence-corrected chi connectivity index (χ3v) is 5.67. The summed E-state index contributed by atoms with van der Waals surface area (Å²) in [5.74, 6) is 0. The maximum Gasteiger partial charge on any atom is 0.101 e. The normalized spacial score (nSPS) is 17.0. The first kappa shape index (κ1) is 22.4. The van der Waals surface area contributed by atoms with Crippen LogP contribution in [0.4, 0.5) is 0 Å². The molecule has 148 valence electrons. The standard InChI is InChI=1S/C23H46N2/c1-4-7-9-11-12-13-14-15-17-19-23-24(6-3)21-22-25(23)20-18-16-10-8-5-2/h21-23H,4-20H2,1-3H3. The third kappa shape index (κ3) is 10.2. The van der Waals surface area contributed by atoms with Gasteiger partial charge in [-0.3, -0.25) is 0 Å². The van der Waals surface area contributed by atoms with Gasteiger partial charge in [-0.15, -0.1) is 0 Å². The van der Waals surface area contributed by atoms with Gasteiger partial charge in [-0.1, -0.05) is 90.9 Å². The molecule has 2 heteroatoms. The third-order valence-electron chi connectivity index (χ3n) is 5.67. The van der Waals surface area contributed by atoms with E-state index in [0.717, 1.165) is 6.54 Å². The smallest absolute Gasteiger partial charge is 0.101 e. The van der Waals surface area contributed by atoms with E-state index in [0.29, 0.717) is 6.17 Å². The number of hydrogen-bond acceptors (Lipinski definition) is 2. The number of nitrogens with zero attached hydrogens (tertiary/aromatic N) is 2. The minimum atomic E-state index is 0.640. The van der Waals surface area contributed by atoms with Crippen LogP contribution >= 0.6 is 0 Å². The Morgan fingerprint density at radius 2 is 1.04 bits per heavy atom. The van der Waals surface area contributed by atoms with Crippen LogP contribution in [0.25, 0.3) is 0 Å². The second-order valence-electron chi connectivity index (χ2n) is 7.88. The van der Waals surface area contributed by atoms with Crippen molar-refractivity contribution in [2.75, 3.05) is 13.1 Å². The molecule has 1 aliphatic heterocycles. The zero-order valence-electron chi connectivity index (χ0n) is 17.6. The lowest BCUT2D eigenvalue weighted by molar-refractivity contribution is 0.142. The molecule has 0 amide bonds. The Bertz CT molecular complexity index is 313. The van der Waals surface area contributed by atoms with Crippen LogP contribution in [-0.4, -0.2) is 29.1 Å². The Morgan fingerprint density at radius 1 is 0.560 bits per heavy atom. The molecule has 0 spiro atoms. The molecule has 1 unspecified atom stereocenters. The molecular weight excluding hydrogens is 304 g/mol. The highest BCUT2D eigenvalue weighted by atomic mass is 15.4. The molecule has 0 radical (unpaired) electrons. The number of rotatable bonds is 17. The zero-order valence-corrected chi connectivity index (χ0v) is 17.6. The highest BCUT2D eigenvalue weighted by molar-refractivity contribution is 4.96. The van der Waals surface area contributed by atoms with Crippen LogP contribution in [0.15, 0.2) is 12.4 Å². The molecule has 0 saturated carbocycles. The van der Waals surface area contributed by atoms with E-state index in [4.69, 9.17) is 0 Å². The van der Waals surface area contributed by atoms with E-state index in [1.165, 1.54) is 103 Å².